The van der Waals surface area contributed by atoms with E-state index in [0.29, 0.717) is 0 Å². The van der Waals surface area contributed by atoms with Crippen LogP contribution < -0.4 is 0 Å². The van der Waals surface area contributed by atoms with Gasteiger partial charge in [-0.05, 0) is 26.2 Å². The van der Waals surface area contributed by atoms with Crippen molar-refractivity contribution >= 4 is 0 Å². The van der Waals surface area contributed by atoms with Gasteiger partial charge in [-0.2, -0.15) is 0 Å². The van der Waals surface area contributed by atoms with E-state index in [9.17, 15) is 0 Å². The standard InChI is InChI=1S/C8H14O2/c1-2-4-7-5-3-6-8(9)10-7/h2,4,7-9H,3,5-6H2,1H3/b4-2+. The maximum atomic E-state index is 9.05. The van der Waals surface area contributed by atoms with Crippen LogP contribution in [0.4, 0.5) is 0 Å². The Morgan fingerprint density at radius 3 is 2.90 bits per heavy atom. The first-order chi connectivity index (χ1) is 4.83. The van der Waals surface area contributed by atoms with Crippen LogP contribution in [0.2, 0.25) is 0 Å². The van der Waals surface area contributed by atoms with Gasteiger partial charge in [0.1, 0.15) is 0 Å². The Kier molecular flexibility index (Phi) is 2.90. The third kappa shape index (κ3) is 2.12. The van der Waals surface area contributed by atoms with E-state index >= 15 is 0 Å². The quantitative estimate of drug-likeness (QED) is 0.561. The van der Waals surface area contributed by atoms with Crippen LogP contribution in [0.1, 0.15) is 26.2 Å². The Morgan fingerprint density at radius 2 is 2.30 bits per heavy atom. The van der Waals surface area contributed by atoms with Crippen molar-refractivity contribution in [1.29, 1.82) is 0 Å². The number of hydrogen-bond donors (Lipinski definition) is 1. The van der Waals surface area contributed by atoms with Gasteiger partial charge in [-0.1, -0.05) is 12.2 Å². The fourth-order valence-corrected chi connectivity index (χ4v) is 1.19. The van der Waals surface area contributed by atoms with E-state index in [-0.39, 0.29) is 6.10 Å². The Labute approximate surface area is 61.5 Å². The maximum Gasteiger partial charge on any atom is 0.155 e. The molecule has 0 aromatic heterocycles. The van der Waals surface area contributed by atoms with Crippen LogP contribution in [0, 0.1) is 0 Å². The summed E-state index contributed by atoms with van der Waals surface area (Å²) in [6.07, 6.45) is 6.46. The lowest BCUT2D eigenvalue weighted by molar-refractivity contribution is -0.147. The number of aliphatic hydroxyl groups is 1. The third-order valence-corrected chi connectivity index (χ3v) is 1.68. The normalized spacial score (nSPS) is 35.0. The van der Waals surface area contributed by atoms with Crippen molar-refractivity contribution in [2.75, 3.05) is 0 Å². The molecule has 2 atom stereocenters. The summed E-state index contributed by atoms with van der Waals surface area (Å²) >= 11 is 0. The van der Waals surface area contributed by atoms with Crippen LogP contribution in [-0.4, -0.2) is 17.5 Å². The lowest BCUT2D eigenvalue weighted by atomic mass is 10.1. The number of rotatable bonds is 1. The molecule has 2 heteroatoms. The number of aliphatic hydroxyl groups excluding tert-OH is 1. The Morgan fingerprint density at radius 1 is 1.50 bits per heavy atom. The molecule has 0 aliphatic carbocycles. The van der Waals surface area contributed by atoms with Gasteiger partial charge >= 0.3 is 0 Å². The zero-order chi connectivity index (χ0) is 7.40. The van der Waals surface area contributed by atoms with Crippen LogP contribution in [-0.2, 0) is 4.74 Å². The Balaban J connectivity index is 2.32. The van der Waals surface area contributed by atoms with Crippen LogP contribution in [0.25, 0.3) is 0 Å². The molecule has 1 aliphatic rings. The second-order valence-corrected chi connectivity index (χ2v) is 2.59. The van der Waals surface area contributed by atoms with E-state index < -0.39 is 6.29 Å². The molecule has 1 fully saturated rings. The SMILES string of the molecule is C/C=C/C1CCCC(O)O1. The maximum absolute atomic E-state index is 9.05. The first-order valence-corrected chi connectivity index (χ1v) is 3.79. The van der Waals surface area contributed by atoms with Gasteiger partial charge in [0, 0.05) is 0 Å². The molecule has 0 aromatic carbocycles. The molecule has 1 aliphatic heterocycles. The molecule has 0 spiro atoms. The minimum Gasteiger partial charge on any atom is -0.368 e. The first-order valence-electron chi connectivity index (χ1n) is 3.79. The third-order valence-electron chi connectivity index (χ3n) is 1.68. The fourth-order valence-electron chi connectivity index (χ4n) is 1.19. The molecule has 2 unspecified atom stereocenters. The number of hydrogen-bond acceptors (Lipinski definition) is 2. The van der Waals surface area contributed by atoms with Crippen molar-refractivity contribution in [1.82, 2.24) is 0 Å². The van der Waals surface area contributed by atoms with Crippen LogP contribution >= 0.6 is 0 Å². The summed E-state index contributed by atoms with van der Waals surface area (Å²) in [5.74, 6) is 0. The summed E-state index contributed by atoms with van der Waals surface area (Å²) < 4.78 is 5.20. The highest BCUT2D eigenvalue weighted by Crippen LogP contribution is 2.17. The van der Waals surface area contributed by atoms with Crippen molar-refractivity contribution < 1.29 is 9.84 Å². The summed E-state index contributed by atoms with van der Waals surface area (Å²) in [7, 11) is 0. The van der Waals surface area contributed by atoms with Crippen LogP contribution in [0.5, 0.6) is 0 Å². The van der Waals surface area contributed by atoms with E-state index in [1.807, 2.05) is 19.1 Å². The largest absolute Gasteiger partial charge is 0.368 e. The van der Waals surface area contributed by atoms with Crippen molar-refractivity contribution in [3.8, 4) is 0 Å². The van der Waals surface area contributed by atoms with E-state index in [2.05, 4.69) is 0 Å². The van der Waals surface area contributed by atoms with Crippen LogP contribution in [0.15, 0.2) is 12.2 Å². The van der Waals surface area contributed by atoms with Crippen LogP contribution in [0.3, 0.4) is 0 Å². The van der Waals surface area contributed by atoms with E-state index in [1.54, 1.807) is 0 Å². The number of ether oxygens (including phenoxy) is 1. The Bertz CT molecular complexity index is 120. The van der Waals surface area contributed by atoms with Gasteiger partial charge in [0.05, 0.1) is 6.10 Å². The predicted octanol–water partition coefficient (Wildman–Crippen LogP) is 1.45. The van der Waals surface area contributed by atoms with Gasteiger partial charge in [0.2, 0.25) is 0 Å². The molecular weight excluding hydrogens is 128 g/mol. The molecule has 2 nitrogen and oxygen atoms in total. The van der Waals surface area contributed by atoms with Gasteiger partial charge in [0.25, 0.3) is 0 Å². The molecular formula is C8H14O2. The highest BCUT2D eigenvalue weighted by Gasteiger charge is 2.17. The highest BCUT2D eigenvalue weighted by molar-refractivity contribution is 4.88. The molecule has 0 aromatic rings. The predicted molar refractivity (Wildman–Crippen MR) is 39.5 cm³/mol. The molecule has 1 saturated heterocycles. The second-order valence-electron chi connectivity index (χ2n) is 2.59. The minimum atomic E-state index is -0.532. The molecule has 1 heterocycles. The Hall–Kier alpha value is -0.340. The van der Waals surface area contributed by atoms with E-state index in [0.717, 1.165) is 19.3 Å². The van der Waals surface area contributed by atoms with E-state index in [4.69, 9.17) is 9.84 Å². The summed E-state index contributed by atoms with van der Waals surface area (Å²) in [5.41, 5.74) is 0. The lowest BCUT2D eigenvalue weighted by Crippen LogP contribution is -2.25. The molecule has 0 saturated carbocycles. The fraction of sp³-hybridized carbons (Fsp3) is 0.750. The molecule has 0 bridgehead atoms. The lowest BCUT2D eigenvalue weighted by Gasteiger charge is -2.24. The summed E-state index contributed by atoms with van der Waals surface area (Å²) in [6, 6.07) is 0. The molecule has 10 heavy (non-hydrogen) atoms. The van der Waals surface area contributed by atoms with Gasteiger partial charge < -0.3 is 9.84 Å². The van der Waals surface area contributed by atoms with Crippen molar-refractivity contribution in [3.63, 3.8) is 0 Å². The minimum absolute atomic E-state index is 0.147. The van der Waals surface area contributed by atoms with Crippen molar-refractivity contribution in [3.05, 3.63) is 12.2 Å². The zero-order valence-electron chi connectivity index (χ0n) is 6.29. The molecule has 0 amide bonds. The van der Waals surface area contributed by atoms with E-state index in [1.165, 1.54) is 0 Å². The smallest absolute Gasteiger partial charge is 0.155 e. The summed E-state index contributed by atoms with van der Waals surface area (Å²) in [6.45, 7) is 1.96. The highest BCUT2D eigenvalue weighted by atomic mass is 16.6. The molecule has 58 valence electrons. The number of allylic oxidation sites excluding steroid dienone is 1. The molecule has 1 rings (SSSR count). The zero-order valence-corrected chi connectivity index (χ0v) is 6.29. The van der Waals surface area contributed by atoms with Crippen molar-refractivity contribution in [2.45, 2.75) is 38.6 Å². The van der Waals surface area contributed by atoms with Gasteiger partial charge in [-0.25, -0.2) is 0 Å². The molecule has 1 N–H and O–H groups in total. The summed E-state index contributed by atoms with van der Waals surface area (Å²) in [5, 5.41) is 9.05. The summed E-state index contributed by atoms with van der Waals surface area (Å²) in [4.78, 5) is 0. The van der Waals surface area contributed by atoms with Gasteiger partial charge in [-0.3, -0.25) is 0 Å². The monoisotopic (exact) mass is 142 g/mol. The van der Waals surface area contributed by atoms with Gasteiger partial charge in [0.15, 0.2) is 6.29 Å². The average molecular weight is 142 g/mol. The molecule has 0 radical (unpaired) electrons. The van der Waals surface area contributed by atoms with Gasteiger partial charge in [-0.15, -0.1) is 0 Å². The first kappa shape index (κ1) is 7.76. The topological polar surface area (TPSA) is 29.5 Å². The van der Waals surface area contributed by atoms with Crippen molar-refractivity contribution in [2.24, 2.45) is 0 Å². The second kappa shape index (κ2) is 3.74. The average Bonchev–Trinajstić information content (AvgIpc) is 1.88.